The van der Waals surface area contributed by atoms with Crippen LogP contribution in [0.5, 0.6) is 5.75 Å². The van der Waals surface area contributed by atoms with Gasteiger partial charge in [0.1, 0.15) is 5.75 Å². The molecule has 0 unspecified atom stereocenters. The fraction of sp³-hybridized carbons (Fsp3) is 0.333. The van der Waals surface area contributed by atoms with Crippen LogP contribution in [0.2, 0.25) is 0 Å². The van der Waals surface area contributed by atoms with Crippen LogP contribution in [0.1, 0.15) is 12.0 Å². The summed E-state index contributed by atoms with van der Waals surface area (Å²) in [5, 5.41) is 0. The van der Waals surface area contributed by atoms with E-state index in [0.717, 1.165) is 5.75 Å². The third-order valence-corrected chi connectivity index (χ3v) is 6.44. The molecular formula is C12H13IOS2. The maximum absolute atomic E-state index is 5.18. The Morgan fingerprint density at radius 3 is 2.50 bits per heavy atom. The van der Waals surface area contributed by atoms with E-state index < -0.39 is 0 Å². The summed E-state index contributed by atoms with van der Waals surface area (Å²) < 4.78 is 6.60. The number of rotatable bonds is 2. The van der Waals surface area contributed by atoms with Gasteiger partial charge in [0.05, 0.1) is 10.0 Å². The van der Waals surface area contributed by atoms with Gasteiger partial charge in [-0.1, -0.05) is 12.1 Å². The van der Waals surface area contributed by atoms with Crippen molar-refractivity contribution in [3.8, 4) is 5.75 Å². The van der Waals surface area contributed by atoms with Crippen LogP contribution in [0.15, 0.2) is 27.2 Å². The first-order chi connectivity index (χ1) is 7.81. The predicted molar refractivity (Wildman–Crippen MR) is 83.5 cm³/mol. The minimum atomic E-state index is 0.922. The van der Waals surface area contributed by atoms with Gasteiger partial charge in [0.2, 0.25) is 0 Å². The number of methoxy groups -OCH3 is 1. The maximum Gasteiger partial charge on any atom is 0.118 e. The van der Waals surface area contributed by atoms with E-state index in [0.29, 0.717) is 0 Å². The first-order valence-corrected chi connectivity index (χ1v) is 8.16. The minimum absolute atomic E-state index is 0.922. The van der Waals surface area contributed by atoms with Gasteiger partial charge in [0, 0.05) is 4.91 Å². The molecule has 1 aliphatic rings. The SMILES string of the molecule is COc1ccc(C2=C(I)SCCCS2)cc1. The molecule has 0 N–H and O–H groups in total. The van der Waals surface area contributed by atoms with Crippen LogP contribution in [-0.2, 0) is 0 Å². The first kappa shape index (κ1) is 12.6. The van der Waals surface area contributed by atoms with Crippen LogP contribution in [0, 0.1) is 0 Å². The molecule has 16 heavy (non-hydrogen) atoms. The zero-order valence-electron chi connectivity index (χ0n) is 9.03. The van der Waals surface area contributed by atoms with Crippen LogP contribution in [-0.4, -0.2) is 18.6 Å². The van der Waals surface area contributed by atoms with Crippen molar-refractivity contribution in [1.29, 1.82) is 0 Å². The third-order valence-electron chi connectivity index (χ3n) is 2.29. The molecular weight excluding hydrogens is 351 g/mol. The summed E-state index contributed by atoms with van der Waals surface area (Å²) in [5.74, 6) is 3.39. The fourth-order valence-corrected chi connectivity index (χ4v) is 5.06. The molecule has 2 rings (SSSR count). The van der Waals surface area contributed by atoms with Crippen molar-refractivity contribution in [2.45, 2.75) is 6.42 Å². The van der Waals surface area contributed by atoms with Gasteiger partial charge in [-0.05, 0) is 58.2 Å². The summed E-state index contributed by atoms with van der Waals surface area (Å²) in [6, 6.07) is 8.35. The maximum atomic E-state index is 5.18. The smallest absolute Gasteiger partial charge is 0.118 e. The Bertz CT molecular complexity index is 387. The van der Waals surface area contributed by atoms with Crippen LogP contribution >= 0.6 is 46.1 Å². The lowest BCUT2D eigenvalue weighted by molar-refractivity contribution is 0.415. The Morgan fingerprint density at radius 2 is 1.81 bits per heavy atom. The number of hydrogen-bond donors (Lipinski definition) is 0. The van der Waals surface area contributed by atoms with Crippen molar-refractivity contribution in [3.05, 3.63) is 32.7 Å². The normalized spacial score (nSPS) is 17.1. The largest absolute Gasteiger partial charge is 0.497 e. The number of ether oxygens (including phenoxy) is 1. The van der Waals surface area contributed by atoms with Crippen LogP contribution in [0.4, 0.5) is 0 Å². The van der Waals surface area contributed by atoms with Gasteiger partial charge in [0.15, 0.2) is 0 Å². The molecule has 1 heterocycles. The van der Waals surface area contributed by atoms with E-state index in [1.165, 1.54) is 31.3 Å². The number of hydrogen-bond acceptors (Lipinski definition) is 3. The Kier molecular flexibility index (Phi) is 4.91. The second-order valence-corrected chi connectivity index (χ2v) is 7.40. The van der Waals surface area contributed by atoms with E-state index in [2.05, 4.69) is 34.7 Å². The van der Waals surface area contributed by atoms with Crippen molar-refractivity contribution in [1.82, 2.24) is 0 Å². The molecule has 0 saturated carbocycles. The Balaban J connectivity index is 2.27. The van der Waals surface area contributed by atoms with Gasteiger partial charge in [-0.2, -0.15) is 0 Å². The molecule has 1 aliphatic heterocycles. The Morgan fingerprint density at radius 1 is 1.12 bits per heavy atom. The van der Waals surface area contributed by atoms with Crippen molar-refractivity contribution in [3.63, 3.8) is 0 Å². The van der Waals surface area contributed by atoms with Crippen molar-refractivity contribution in [2.24, 2.45) is 0 Å². The summed E-state index contributed by atoms with van der Waals surface area (Å²) in [4.78, 5) is 1.42. The van der Waals surface area contributed by atoms with Gasteiger partial charge in [-0.3, -0.25) is 0 Å². The highest BCUT2D eigenvalue weighted by molar-refractivity contribution is 14.1. The second kappa shape index (κ2) is 6.21. The van der Waals surface area contributed by atoms with Crippen LogP contribution in [0.25, 0.3) is 4.91 Å². The zero-order chi connectivity index (χ0) is 11.4. The molecule has 0 radical (unpaired) electrons. The molecule has 0 spiro atoms. The molecule has 0 aliphatic carbocycles. The highest BCUT2D eigenvalue weighted by atomic mass is 127. The summed E-state index contributed by atoms with van der Waals surface area (Å²) in [6.45, 7) is 0. The second-order valence-electron chi connectivity index (χ2n) is 3.38. The molecule has 1 nitrogen and oxygen atoms in total. The molecule has 0 bridgehead atoms. The molecule has 1 aromatic carbocycles. The van der Waals surface area contributed by atoms with Gasteiger partial charge in [0.25, 0.3) is 0 Å². The number of benzene rings is 1. The molecule has 0 amide bonds. The van der Waals surface area contributed by atoms with Gasteiger partial charge < -0.3 is 4.74 Å². The molecule has 86 valence electrons. The van der Waals surface area contributed by atoms with E-state index in [1.54, 1.807) is 7.11 Å². The van der Waals surface area contributed by atoms with E-state index in [9.17, 15) is 0 Å². The lowest BCUT2D eigenvalue weighted by Crippen LogP contribution is -1.85. The van der Waals surface area contributed by atoms with Gasteiger partial charge >= 0.3 is 0 Å². The van der Waals surface area contributed by atoms with Crippen molar-refractivity contribution < 1.29 is 4.74 Å². The van der Waals surface area contributed by atoms with E-state index in [1.807, 2.05) is 35.7 Å². The fourth-order valence-electron chi connectivity index (χ4n) is 1.46. The van der Waals surface area contributed by atoms with Crippen LogP contribution < -0.4 is 4.74 Å². The lowest BCUT2D eigenvalue weighted by Gasteiger charge is -2.08. The standard InChI is InChI=1S/C12H13IOS2/c1-14-10-5-3-9(4-6-10)11-12(13)16-8-2-7-15-11/h3-6H,2,7-8H2,1H3. The molecule has 1 aromatic rings. The lowest BCUT2D eigenvalue weighted by atomic mass is 10.2. The molecule has 0 atom stereocenters. The molecule has 0 aromatic heterocycles. The summed E-state index contributed by atoms with van der Waals surface area (Å²) in [6.07, 6.45) is 1.29. The highest BCUT2D eigenvalue weighted by Gasteiger charge is 2.12. The predicted octanol–water partition coefficient (Wildman–Crippen LogP) is 4.63. The monoisotopic (exact) mass is 364 g/mol. The van der Waals surface area contributed by atoms with Crippen molar-refractivity contribution >= 4 is 51.0 Å². The topological polar surface area (TPSA) is 9.23 Å². The highest BCUT2D eigenvalue weighted by Crippen LogP contribution is 2.42. The van der Waals surface area contributed by atoms with E-state index in [4.69, 9.17) is 4.74 Å². The molecule has 0 saturated heterocycles. The number of halogens is 1. The summed E-state index contributed by atoms with van der Waals surface area (Å²) in [5.41, 5.74) is 1.31. The van der Waals surface area contributed by atoms with Gasteiger partial charge in [-0.25, -0.2) is 0 Å². The van der Waals surface area contributed by atoms with Crippen LogP contribution in [0.3, 0.4) is 0 Å². The summed E-state index contributed by atoms with van der Waals surface area (Å²) in [7, 11) is 1.70. The van der Waals surface area contributed by atoms with Gasteiger partial charge in [-0.15, -0.1) is 23.5 Å². The minimum Gasteiger partial charge on any atom is -0.497 e. The quantitative estimate of drug-likeness (QED) is 0.709. The molecule has 0 fully saturated rings. The average molecular weight is 364 g/mol. The summed E-state index contributed by atoms with van der Waals surface area (Å²) >= 11 is 6.39. The third kappa shape index (κ3) is 3.11. The number of thioether (sulfide) groups is 2. The first-order valence-electron chi connectivity index (χ1n) is 5.11. The van der Waals surface area contributed by atoms with E-state index >= 15 is 0 Å². The average Bonchev–Trinajstić information content (AvgIpc) is 2.54. The van der Waals surface area contributed by atoms with E-state index in [-0.39, 0.29) is 0 Å². The Hall–Kier alpha value is 0.190. The van der Waals surface area contributed by atoms with Crippen molar-refractivity contribution in [2.75, 3.05) is 18.6 Å². The molecule has 4 heteroatoms. The Labute approximate surface area is 119 Å². The zero-order valence-corrected chi connectivity index (χ0v) is 12.8.